The quantitative estimate of drug-likeness (QED) is 0.885. The Labute approximate surface area is 125 Å². The number of anilines is 2. The fourth-order valence-corrected chi connectivity index (χ4v) is 2.34. The second-order valence-electron chi connectivity index (χ2n) is 5.76. The number of nitrogens with two attached hydrogens (primary N) is 1. The molecule has 5 heteroatoms. The van der Waals surface area contributed by atoms with Gasteiger partial charge in [-0.3, -0.25) is 0 Å². The monoisotopic (exact) mass is 290 g/mol. The normalized spacial score (nSPS) is 12.7. The Morgan fingerprint density at radius 1 is 1.24 bits per heavy atom. The minimum Gasteiger partial charge on any atom is -0.394 e. The molecule has 0 amide bonds. The van der Waals surface area contributed by atoms with E-state index in [0.717, 1.165) is 23.5 Å². The molecule has 2 rings (SSSR count). The number of hydrogen-bond donors (Lipinski definition) is 2. The van der Waals surface area contributed by atoms with Crippen LogP contribution in [0.15, 0.2) is 24.3 Å². The highest BCUT2D eigenvalue weighted by Gasteiger charge is 2.16. The lowest BCUT2D eigenvalue weighted by Gasteiger charge is -2.19. The van der Waals surface area contributed by atoms with Gasteiger partial charge in [-0.2, -0.15) is 5.10 Å². The molecule has 1 aromatic carbocycles. The first kappa shape index (κ1) is 15.4. The van der Waals surface area contributed by atoms with Crippen molar-refractivity contribution in [1.82, 2.24) is 9.78 Å². The summed E-state index contributed by atoms with van der Waals surface area (Å²) in [4.78, 5) is 0. The zero-order chi connectivity index (χ0) is 15.6. The molecule has 0 spiro atoms. The van der Waals surface area contributed by atoms with E-state index in [1.54, 1.807) is 0 Å². The van der Waals surface area contributed by atoms with Crippen molar-refractivity contribution in [2.75, 3.05) is 11.1 Å². The summed E-state index contributed by atoms with van der Waals surface area (Å²) in [7, 11) is 0. The van der Waals surface area contributed by atoms with Gasteiger partial charge >= 0.3 is 0 Å². The van der Waals surface area contributed by atoms with Crippen molar-refractivity contribution in [2.24, 2.45) is 0 Å². The summed E-state index contributed by atoms with van der Waals surface area (Å²) in [5.74, 6) is 0.647. The van der Waals surface area contributed by atoms with E-state index in [9.17, 15) is 4.39 Å². The van der Waals surface area contributed by atoms with E-state index in [1.807, 2.05) is 23.7 Å². The molecule has 1 unspecified atom stereocenters. The van der Waals surface area contributed by atoms with Crippen LogP contribution in [0, 0.1) is 12.7 Å². The maximum Gasteiger partial charge on any atom is 0.148 e. The van der Waals surface area contributed by atoms with E-state index in [2.05, 4.69) is 31.2 Å². The number of rotatable bonds is 5. The average Bonchev–Trinajstić information content (AvgIpc) is 2.70. The molecule has 0 fully saturated rings. The van der Waals surface area contributed by atoms with Gasteiger partial charge in [0.05, 0.1) is 11.4 Å². The predicted octanol–water partition coefficient (Wildman–Crippen LogP) is 3.54. The summed E-state index contributed by atoms with van der Waals surface area (Å²) in [5, 5.41) is 7.89. The Morgan fingerprint density at radius 2 is 1.86 bits per heavy atom. The summed E-state index contributed by atoms with van der Waals surface area (Å²) in [6.07, 6.45) is 0.794. The van der Waals surface area contributed by atoms with Crippen LogP contribution >= 0.6 is 0 Å². The first-order valence-electron chi connectivity index (χ1n) is 7.24. The molecular formula is C16H23FN4. The minimum atomic E-state index is -0.211. The van der Waals surface area contributed by atoms with Gasteiger partial charge in [0.1, 0.15) is 11.6 Å². The lowest BCUT2D eigenvalue weighted by atomic mass is 10.1. The smallest absolute Gasteiger partial charge is 0.148 e. The number of nitrogens with one attached hydrogen (secondary N) is 1. The Hall–Kier alpha value is -2.04. The van der Waals surface area contributed by atoms with E-state index in [0.29, 0.717) is 5.69 Å². The van der Waals surface area contributed by atoms with Gasteiger partial charge in [0, 0.05) is 12.1 Å². The molecule has 3 N–H and O–H groups in total. The van der Waals surface area contributed by atoms with Crippen LogP contribution in [0.3, 0.4) is 0 Å². The zero-order valence-corrected chi connectivity index (χ0v) is 13.0. The second kappa shape index (κ2) is 6.16. The summed E-state index contributed by atoms with van der Waals surface area (Å²) >= 11 is 0. The molecule has 0 aliphatic carbocycles. The van der Waals surface area contributed by atoms with Crippen molar-refractivity contribution >= 4 is 11.5 Å². The summed E-state index contributed by atoms with van der Waals surface area (Å²) in [5.41, 5.74) is 8.72. The second-order valence-corrected chi connectivity index (χ2v) is 5.76. The SMILES string of the molecule is Cc1nn(C(C)C)c(NC(C)Cc2ccc(F)cc2)c1N. The van der Waals surface area contributed by atoms with Crippen LogP contribution in [-0.2, 0) is 6.42 Å². The average molecular weight is 290 g/mol. The molecule has 114 valence electrons. The lowest BCUT2D eigenvalue weighted by Crippen LogP contribution is -2.22. The summed E-state index contributed by atoms with van der Waals surface area (Å²) in [6.45, 7) is 8.13. The van der Waals surface area contributed by atoms with Crippen LogP contribution in [0.25, 0.3) is 0 Å². The number of nitrogen functional groups attached to an aromatic ring is 1. The Balaban J connectivity index is 2.12. The van der Waals surface area contributed by atoms with Gasteiger partial charge in [0.2, 0.25) is 0 Å². The van der Waals surface area contributed by atoms with Crippen LogP contribution in [0.5, 0.6) is 0 Å². The van der Waals surface area contributed by atoms with Crippen LogP contribution < -0.4 is 11.1 Å². The third-order valence-corrected chi connectivity index (χ3v) is 3.46. The third-order valence-electron chi connectivity index (χ3n) is 3.46. The van der Waals surface area contributed by atoms with Crippen molar-refractivity contribution in [2.45, 2.75) is 46.2 Å². The molecule has 0 radical (unpaired) electrons. The maximum atomic E-state index is 12.9. The molecule has 2 aromatic rings. The maximum absolute atomic E-state index is 12.9. The molecule has 0 saturated carbocycles. The van der Waals surface area contributed by atoms with E-state index in [-0.39, 0.29) is 17.9 Å². The first-order chi connectivity index (χ1) is 9.88. The molecule has 1 heterocycles. The van der Waals surface area contributed by atoms with Crippen molar-refractivity contribution in [3.63, 3.8) is 0 Å². The highest BCUT2D eigenvalue weighted by Crippen LogP contribution is 2.26. The topological polar surface area (TPSA) is 55.9 Å². The molecule has 21 heavy (non-hydrogen) atoms. The number of benzene rings is 1. The van der Waals surface area contributed by atoms with Gasteiger partial charge in [0.25, 0.3) is 0 Å². The highest BCUT2D eigenvalue weighted by molar-refractivity contribution is 5.65. The summed E-state index contributed by atoms with van der Waals surface area (Å²) < 4.78 is 14.8. The van der Waals surface area contributed by atoms with Crippen LogP contribution in [0.1, 0.15) is 38.1 Å². The predicted molar refractivity (Wildman–Crippen MR) is 85.0 cm³/mol. The number of hydrogen-bond acceptors (Lipinski definition) is 3. The Bertz CT molecular complexity index is 601. The third kappa shape index (κ3) is 3.54. The van der Waals surface area contributed by atoms with Gasteiger partial charge in [0.15, 0.2) is 0 Å². The van der Waals surface area contributed by atoms with Gasteiger partial charge in [-0.1, -0.05) is 12.1 Å². The molecule has 0 bridgehead atoms. The van der Waals surface area contributed by atoms with Crippen molar-refractivity contribution in [3.05, 3.63) is 41.3 Å². The van der Waals surface area contributed by atoms with Crippen LogP contribution in [0.4, 0.5) is 15.9 Å². The highest BCUT2D eigenvalue weighted by atomic mass is 19.1. The number of nitrogens with zero attached hydrogens (tertiary/aromatic N) is 2. The van der Waals surface area contributed by atoms with Gasteiger partial charge in [-0.05, 0) is 51.8 Å². The Kier molecular flexibility index (Phi) is 4.50. The lowest BCUT2D eigenvalue weighted by molar-refractivity contribution is 0.531. The van der Waals surface area contributed by atoms with Crippen molar-refractivity contribution in [1.29, 1.82) is 0 Å². The minimum absolute atomic E-state index is 0.173. The van der Waals surface area contributed by atoms with Gasteiger partial charge < -0.3 is 11.1 Å². The van der Waals surface area contributed by atoms with E-state index >= 15 is 0 Å². The Morgan fingerprint density at radius 3 is 2.43 bits per heavy atom. The number of aromatic nitrogens is 2. The van der Waals surface area contributed by atoms with E-state index in [4.69, 9.17) is 5.73 Å². The molecule has 4 nitrogen and oxygen atoms in total. The van der Waals surface area contributed by atoms with Crippen molar-refractivity contribution in [3.8, 4) is 0 Å². The van der Waals surface area contributed by atoms with E-state index in [1.165, 1.54) is 12.1 Å². The van der Waals surface area contributed by atoms with Gasteiger partial charge in [-0.15, -0.1) is 0 Å². The molecular weight excluding hydrogens is 267 g/mol. The molecule has 1 aromatic heterocycles. The molecule has 0 aliphatic rings. The van der Waals surface area contributed by atoms with E-state index < -0.39 is 0 Å². The number of halogens is 1. The first-order valence-corrected chi connectivity index (χ1v) is 7.24. The molecule has 0 aliphatic heterocycles. The fraction of sp³-hybridized carbons (Fsp3) is 0.438. The van der Waals surface area contributed by atoms with Crippen LogP contribution in [0.2, 0.25) is 0 Å². The zero-order valence-electron chi connectivity index (χ0n) is 13.0. The fourth-order valence-electron chi connectivity index (χ4n) is 2.34. The van der Waals surface area contributed by atoms with Crippen molar-refractivity contribution < 1.29 is 4.39 Å². The number of aryl methyl sites for hydroxylation is 1. The molecule has 0 saturated heterocycles. The largest absolute Gasteiger partial charge is 0.394 e. The van der Waals surface area contributed by atoms with Gasteiger partial charge in [-0.25, -0.2) is 9.07 Å². The summed E-state index contributed by atoms with van der Waals surface area (Å²) in [6, 6.07) is 6.99. The van der Waals surface area contributed by atoms with Crippen LogP contribution in [-0.4, -0.2) is 15.8 Å². The standard InChI is InChI=1S/C16H23FN4/c1-10(2)21-16(15(18)12(4)20-21)19-11(3)9-13-5-7-14(17)8-6-13/h5-8,10-11,19H,9,18H2,1-4H3. The molecule has 1 atom stereocenters.